The van der Waals surface area contributed by atoms with Gasteiger partial charge in [0.2, 0.25) is 0 Å². The summed E-state index contributed by atoms with van der Waals surface area (Å²) in [5, 5.41) is 4.54. The molecule has 0 amide bonds. The van der Waals surface area contributed by atoms with Gasteiger partial charge in [-0.2, -0.15) is 0 Å². The highest BCUT2D eigenvalue weighted by Gasteiger charge is 2.21. The molecular weight excluding hydrogens is 320 g/mol. The van der Waals surface area contributed by atoms with Crippen LogP contribution in [0.3, 0.4) is 0 Å². The van der Waals surface area contributed by atoms with Gasteiger partial charge in [-0.1, -0.05) is 62.1 Å². The average molecular weight is 339 g/mol. The lowest BCUT2D eigenvalue weighted by atomic mass is 9.92. The van der Waals surface area contributed by atoms with Crippen LogP contribution in [-0.4, -0.2) is 21.3 Å². The first-order valence-electron chi connectivity index (χ1n) is 6.61. The van der Waals surface area contributed by atoms with Gasteiger partial charge in [-0.15, -0.1) is 5.10 Å². The van der Waals surface area contributed by atoms with Crippen molar-refractivity contribution in [1.82, 2.24) is 9.78 Å². The molecule has 112 valence electrons. The van der Waals surface area contributed by atoms with Crippen molar-refractivity contribution in [2.75, 3.05) is 5.75 Å². The zero-order valence-electron chi connectivity index (χ0n) is 12.5. The molecule has 0 radical (unpaired) electrons. The molecule has 0 fully saturated rings. The van der Waals surface area contributed by atoms with Crippen molar-refractivity contribution in [2.45, 2.75) is 32.0 Å². The van der Waals surface area contributed by atoms with Crippen LogP contribution in [0.5, 0.6) is 0 Å². The van der Waals surface area contributed by atoms with Crippen molar-refractivity contribution in [3.05, 3.63) is 33.8 Å². The standard InChI is InChI=1S/C15H18N2OS3/c1-10-7-5-6-8-11(10)17-14(19)21-13(16-17)20-9-12(18)15(2,3)4/h5-8H,9H2,1-4H3. The van der Waals surface area contributed by atoms with Crippen LogP contribution in [-0.2, 0) is 4.79 Å². The summed E-state index contributed by atoms with van der Waals surface area (Å²) in [6, 6.07) is 8.00. The van der Waals surface area contributed by atoms with Crippen molar-refractivity contribution in [2.24, 2.45) is 5.41 Å². The molecular formula is C15H18N2OS3. The Balaban J connectivity index is 2.19. The molecule has 0 atom stereocenters. The van der Waals surface area contributed by atoms with Gasteiger partial charge in [0, 0.05) is 5.41 Å². The summed E-state index contributed by atoms with van der Waals surface area (Å²) in [6.07, 6.45) is 0. The van der Waals surface area contributed by atoms with Gasteiger partial charge in [-0.05, 0) is 30.8 Å². The van der Waals surface area contributed by atoms with Crippen LogP contribution in [0.25, 0.3) is 5.69 Å². The van der Waals surface area contributed by atoms with E-state index in [0.29, 0.717) is 9.71 Å². The van der Waals surface area contributed by atoms with Gasteiger partial charge in [0.1, 0.15) is 5.78 Å². The van der Waals surface area contributed by atoms with Gasteiger partial charge in [0.25, 0.3) is 0 Å². The van der Waals surface area contributed by atoms with E-state index in [-0.39, 0.29) is 11.2 Å². The molecule has 0 bridgehead atoms. The fourth-order valence-corrected chi connectivity index (χ4v) is 4.12. The lowest BCUT2D eigenvalue weighted by Gasteiger charge is -2.15. The molecule has 0 spiro atoms. The van der Waals surface area contributed by atoms with E-state index in [0.717, 1.165) is 15.6 Å². The number of thioether (sulfide) groups is 1. The Kier molecular flexibility index (Phi) is 5.01. The largest absolute Gasteiger partial charge is 0.298 e. The number of ketones is 1. The second-order valence-corrected chi connectivity index (χ2v) is 8.64. The summed E-state index contributed by atoms with van der Waals surface area (Å²) < 4.78 is 3.31. The summed E-state index contributed by atoms with van der Waals surface area (Å²) in [5.74, 6) is 0.649. The average Bonchev–Trinajstić information content (AvgIpc) is 2.76. The van der Waals surface area contributed by atoms with E-state index in [9.17, 15) is 4.79 Å². The maximum Gasteiger partial charge on any atom is 0.184 e. The normalized spacial score (nSPS) is 11.6. The topological polar surface area (TPSA) is 34.9 Å². The smallest absolute Gasteiger partial charge is 0.184 e. The van der Waals surface area contributed by atoms with Gasteiger partial charge in [-0.3, -0.25) is 4.79 Å². The molecule has 0 N–H and O–H groups in total. The Hall–Kier alpha value is -0.980. The fraction of sp³-hybridized carbons (Fsp3) is 0.400. The zero-order valence-corrected chi connectivity index (χ0v) is 15.0. The molecule has 0 unspecified atom stereocenters. The Morgan fingerprint density at radius 1 is 1.38 bits per heavy atom. The number of aromatic nitrogens is 2. The minimum absolute atomic E-state index is 0.219. The highest BCUT2D eigenvalue weighted by Crippen LogP contribution is 2.27. The highest BCUT2D eigenvalue weighted by atomic mass is 32.2. The highest BCUT2D eigenvalue weighted by molar-refractivity contribution is 8.01. The number of nitrogens with zero attached hydrogens (tertiary/aromatic N) is 2. The van der Waals surface area contributed by atoms with Gasteiger partial charge >= 0.3 is 0 Å². The molecule has 21 heavy (non-hydrogen) atoms. The van der Waals surface area contributed by atoms with Crippen molar-refractivity contribution in [1.29, 1.82) is 0 Å². The molecule has 1 aromatic heterocycles. The Morgan fingerprint density at radius 3 is 2.67 bits per heavy atom. The van der Waals surface area contributed by atoms with E-state index in [1.54, 1.807) is 4.68 Å². The Labute approximate surface area is 138 Å². The summed E-state index contributed by atoms with van der Waals surface area (Å²) in [4.78, 5) is 12.0. The summed E-state index contributed by atoms with van der Waals surface area (Å²) in [7, 11) is 0. The number of para-hydroxylation sites is 1. The van der Waals surface area contributed by atoms with E-state index < -0.39 is 0 Å². The molecule has 1 heterocycles. The second-order valence-electron chi connectivity index (χ2n) is 5.79. The van der Waals surface area contributed by atoms with E-state index in [1.807, 2.05) is 52.0 Å². The fourth-order valence-electron chi connectivity index (χ4n) is 1.62. The first kappa shape index (κ1) is 16.4. The number of carbonyl (C=O) groups excluding carboxylic acids is 1. The lowest BCUT2D eigenvalue weighted by Crippen LogP contribution is -2.21. The quantitative estimate of drug-likeness (QED) is 0.599. The van der Waals surface area contributed by atoms with Crippen LogP contribution in [0.4, 0.5) is 0 Å². The minimum Gasteiger partial charge on any atom is -0.298 e. The number of hydrogen-bond donors (Lipinski definition) is 0. The SMILES string of the molecule is Cc1ccccc1-n1nc(SCC(=O)C(C)(C)C)sc1=S. The molecule has 2 aromatic rings. The van der Waals surface area contributed by atoms with E-state index in [2.05, 4.69) is 5.10 Å². The molecule has 0 aliphatic carbocycles. The van der Waals surface area contributed by atoms with Gasteiger partial charge in [-0.25, -0.2) is 4.68 Å². The number of carbonyl (C=O) groups is 1. The molecule has 0 aliphatic heterocycles. The molecule has 2 rings (SSSR count). The van der Waals surface area contributed by atoms with E-state index in [1.165, 1.54) is 23.1 Å². The number of benzene rings is 1. The molecule has 0 saturated carbocycles. The minimum atomic E-state index is -0.312. The number of Topliss-reactive ketones (excluding diaryl/α,β-unsaturated/α-hetero) is 1. The first-order chi connectivity index (χ1) is 9.79. The molecule has 1 aromatic carbocycles. The lowest BCUT2D eigenvalue weighted by molar-refractivity contribution is -0.123. The molecule has 6 heteroatoms. The predicted molar refractivity (Wildman–Crippen MR) is 92.2 cm³/mol. The maximum absolute atomic E-state index is 12.0. The number of aryl methyl sites for hydroxylation is 1. The number of hydrogen-bond acceptors (Lipinski definition) is 5. The van der Waals surface area contributed by atoms with Crippen LogP contribution < -0.4 is 0 Å². The Bertz CT molecular complexity index is 710. The van der Waals surface area contributed by atoms with Gasteiger partial charge in [0.05, 0.1) is 11.4 Å². The maximum atomic E-state index is 12.0. The van der Waals surface area contributed by atoms with Crippen molar-refractivity contribution < 1.29 is 4.79 Å². The van der Waals surface area contributed by atoms with E-state index in [4.69, 9.17) is 12.2 Å². The van der Waals surface area contributed by atoms with Crippen molar-refractivity contribution >= 4 is 41.1 Å². The van der Waals surface area contributed by atoms with Crippen LogP contribution in [0.15, 0.2) is 28.6 Å². The molecule has 0 aliphatic rings. The first-order valence-corrected chi connectivity index (χ1v) is 8.82. The third-order valence-corrected chi connectivity index (χ3v) is 5.40. The summed E-state index contributed by atoms with van der Waals surface area (Å²) in [5.41, 5.74) is 1.81. The predicted octanol–water partition coefficient (Wildman–Crippen LogP) is 4.68. The summed E-state index contributed by atoms with van der Waals surface area (Å²) >= 11 is 8.30. The monoisotopic (exact) mass is 338 g/mol. The third-order valence-electron chi connectivity index (χ3n) is 3.04. The van der Waals surface area contributed by atoms with Gasteiger partial charge < -0.3 is 0 Å². The molecule has 3 nitrogen and oxygen atoms in total. The van der Waals surface area contributed by atoms with E-state index >= 15 is 0 Å². The second kappa shape index (κ2) is 6.42. The van der Waals surface area contributed by atoms with Crippen molar-refractivity contribution in [3.8, 4) is 5.69 Å². The van der Waals surface area contributed by atoms with Crippen LogP contribution in [0.2, 0.25) is 0 Å². The Morgan fingerprint density at radius 2 is 2.05 bits per heavy atom. The van der Waals surface area contributed by atoms with Gasteiger partial charge in [0.15, 0.2) is 8.29 Å². The van der Waals surface area contributed by atoms with Crippen LogP contribution >= 0.6 is 35.3 Å². The van der Waals surface area contributed by atoms with Crippen molar-refractivity contribution in [3.63, 3.8) is 0 Å². The number of rotatable bonds is 4. The zero-order chi connectivity index (χ0) is 15.6. The van der Waals surface area contributed by atoms with Crippen LogP contribution in [0, 0.1) is 16.3 Å². The summed E-state index contributed by atoms with van der Waals surface area (Å²) in [6.45, 7) is 7.84. The molecule has 0 saturated heterocycles. The van der Waals surface area contributed by atoms with Crippen LogP contribution in [0.1, 0.15) is 26.3 Å². The third kappa shape index (κ3) is 4.02.